The van der Waals surface area contributed by atoms with E-state index in [0.29, 0.717) is 22.6 Å². The minimum atomic E-state index is -4.22. The van der Waals surface area contributed by atoms with Crippen molar-refractivity contribution in [2.24, 2.45) is 0 Å². The topological polar surface area (TPSA) is 118 Å². The van der Waals surface area contributed by atoms with Crippen molar-refractivity contribution in [2.45, 2.75) is 23.2 Å². The van der Waals surface area contributed by atoms with E-state index in [9.17, 15) is 23.4 Å². The largest absolute Gasteiger partial charge is 0.479 e. The molecule has 0 fully saturated rings. The van der Waals surface area contributed by atoms with Crippen molar-refractivity contribution in [2.75, 3.05) is 11.5 Å². The van der Waals surface area contributed by atoms with Gasteiger partial charge < -0.3 is 14.7 Å². The molecule has 31 heavy (non-hydrogen) atoms. The van der Waals surface area contributed by atoms with Crippen LogP contribution >= 0.6 is 23.4 Å². The van der Waals surface area contributed by atoms with Gasteiger partial charge in [0.05, 0.1) is 16.3 Å². The van der Waals surface area contributed by atoms with Crippen LogP contribution < -0.4 is 0 Å². The summed E-state index contributed by atoms with van der Waals surface area (Å²) >= 11 is 7.09. The van der Waals surface area contributed by atoms with Gasteiger partial charge in [-0.05, 0) is 24.6 Å². The Balaban J connectivity index is 1.88. The Bertz CT molecular complexity index is 1180. The van der Waals surface area contributed by atoms with Crippen molar-refractivity contribution in [3.8, 4) is 11.1 Å². The first-order chi connectivity index (χ1) is 14.6. The Morgan fingerprint density at radius 2 is 1.90 bits per heavy atom. The Kier molecular flexibility index (Phi) is 7.10. The number of aromatic nitrogens is 1. The standard InChI is InChI=1S/C21H20ClNO6S2/c1-14-9-17(23-29-14)11-30-12-21(26,20(24)25)13-31(27,28)19-10-16(22)7-8-18(19)15-5-3-2-4-6-15/h2-10,26H,11-13H2,1H3,(H,24,25). The van der Waals surface area contributed by atoms with Gasteiger partial charge >= 0.3 is 5.97 Å². The molecule has 0 bridgehead atoms. The summed E-state index contributed by atoms with van der Waals surface area (Å²) in [7, 11) is -4.22. The van der Waals surface area contributed by atoms with E-state index in [1.807, 2.05) is 0 Å². The van der Waals surface area contributed by atoms with Gasteiger partial charge in [-0.1, -0.05) is 53.2 Å². The maximum absolute atomic E-state index is 13.2. The lowest BCUT2D eigenvalue weighted by Crippen LogP contribution is -2.47. The number of sulfone groups is 1. The molecule has 0 saturated carbocycles. The minimum absolute atomic E-state index is 0.136. The molecule has 2 aromatic carbocycles. The first kappa shape index (κ1) is 23.3. The SMILES string of the molecule is Cc1cc(CSCC(O)(CS(=O)(=O)c2cc(Cl)ccc2-c2ccccc2)C(=O)O)no1. The van der Waals surface area contributed by atoms with Crippen LogP contribution in [0.5, 0.6) is 0 Å². The van der Waals surface area contributed by atoms with E-state index in [0.717, 1.165) is 11.8 Å². The van der Waals surface area contributed by atoms with E-state index in [1.54, 1.807) is 55.5 Å². The molecular formula is C21H20ClNO6S2. The number of aryl methyl sites for hydroxylation is 1. The molecule has 3 aromatic rings. The lowest BCUT2D eigenvalue weighted by Gasteiger charge is -2.23. The average Bonchev–Trinajstić information content (AvgIpc) is 3.13. The second-order valence-electron chi connectivity index (χ2n) is 7.02. The number of hydrogen-bond acceptors (Lipinski definition) is 7. The summed E-state index contributed by atoms with van der Waals surface area (Å²) in [6.07, 6.45) is 0. The molecule has 0 spiro atoms. The third-order valence-electron chi connectivity index (χ3n) is 4.46. The summed E-state index contributed by atoms with van der Waals surface area (Å²) in [4.78, 5) is 11.7. The Morgan fingerprint density at radius 3 is 2.52 bits per heavy atom. The summed E-state index contributed by atoms with van der Waals surface area (Å²) in [5.41, 5.74) is -0.923. The number of carbonyl (C=O) groups is 1. The molecule has 7 nitrogen and oxygen atoms in total. The Labute approximate surface area is 189 Å². The normalized spacial score (nSPS) is 13.6. The molecule has 0 radical (unpaired) electrons. The van der Waals surface area contributed by atoms with Crippen LogP contribution in [-0.4, -0.2) is 46.9 Å². The number of aliphatic carboxylic acids is 1. The minimum Gasteiger partial charge on any atom is -0.479 e. The van der Waals surface area contributed by atoms with E-state index < -0.39 is 27.2 Å². The molecule has 1 aromatic heterocycles. The predicted octanol–water partition coefficient (Wildman–Crippen LogP) is 3.83. The van der Waals surface area contributed by atoms with Gasteiger partial charge in [-0.25, -0.2) is 13.2 Å². The summed E-state index contributed by atoms with van der Waals surface area (Å²) in [5, 5.41) is 24.3. The van der Waals surface area contributed by atoms with Gasteiger partial charge in [0, 0.05) is 28.2 Å². The van der Waals surface area contributed by atoms with Gasteiger partial charge in [0.15, 0.2) is 15.4 Å². The third kappa shape index (κ3) is 5.68. The third-order valence-corrected chi connectivity index (χ3v) is 7.74. The highest BCUT2D eigenvalue weighted by molar-refractivity contribution is 7.98. The van der Waals surface area contributed by atoms with Crippen molar-refractivity contribution < 1.29 is 27.9 Å². The van der Waals surface area contributed by atoms with Crippen LogP contribution in [0.4, 0.5) is 0 Å². The van der Waals surface area contributed by atoms with Crippen molar-refractivity contribution in [3.63, 3.8) is 0 Å². The van der Waals surface area contributed by atoms with Crippen molar-refractivity contribution >= 4 is 39.2 Å². The van der Waals surface area contributed by atoms with Crippen LogP contribution in [0.3, 0.4) is 0 Å². The van der Waals surface area contributed by atoms with E-state index in [2.05, 4.69) is 5.16 Å². The Hall–Kier alpha value is -2.33. The molecule has 1 atom stereocenters. The van der Waals surface area contributed by atoms with Gasteiger partial charge in [-0.2, -0.15) is 11.8 Å². The fourth-order valence-electron chi connectivity index (χ4n) is 2.98. The van der Waals surface area contributed by atoms with Crippen LogP contribution in [-0.2, 0) is 20.4 Å². The maximum atomic E-state index is 13.2. The van der Waals surface area contributed by atoms with Crippen LogP contribution in [0, 0.1) is 6.92 Å². The fourth-order valence-corrected chi connectivity index (χ4v) is 6.19. The predicted molar refractivity (Wildman–Crippen MR) is 119 cm³/mol. The molecule has 3 rings (SSSR count). The molecule has 2 N–H and O–H groups in total. The fraction of sp³-hybridized carbons (Fsp3) is 0.238. The smallest absolute Gasteiger partial charge is 0.337 e. The van der Waals surface area contributed by atoms with E-state index in [4.69, 9.17) is 16.1 Å². The molecule has 1 heterocycles. The number of aliphatic hydroxyl groups is 1. The monoisotopic (exact) mass is 481 g/mol. The number of thioether (sulfide) groups is 1. The Morgan fingerprint density at radius 1 is 1.19 bits per heavy atom. The van der Waals surface area contributed by atoms with Gasteiger partial charge in [0.1, 0.15) is 5.76 Å². The number of rotatable bonds is 9. The highest BCUT2D eigenvalue weighted by Gasteiger charge is 2.42. The summed E-state index contributed by atoms with van der Waals surface area (Å²) in [5.74, 6) is -2.11. The summed E-state index contributed by atoms with van der Waals surface area (Å²) in [6.45, 7) is 1.72. The number of benzene rings is 2. The van der Waals surface area contributed by atoms with Gasteiger partial charge in [-0.15, -0.1) is 0 Å². The van der Waals surface area contributed by atoms with Crippen molar-refractivity contribution in [1.29, 1.82) is 0 Å². The van der Waals surface area contributed by atoms with Gasteiger partial charge in [0.2, 0.25) is 0 Å². The summed E-state index contributed by atoms with van der Waals surface area (Å²) in [6, 6.07) is 14.9. The van der Waals surface area contributed by atoms with Crippen LogP contribution in [0.1, 0.15) is 11.5 Å². The zero-order valence-electron chi connectivity index (χ0n) is 16.5. The number of nitrogens with zero attached hydrogens (tertiary/aromatic N) is 1. The van der Waals surface area contributed by atoms with Crippen molar-refractivity contribution in [3.05, 3.63) is 71.1 Å². The molecule has 0 amide bonds. The van der Waals surface area contributed by atoms with E-state index >= 15 is 0 Å². The zero-order valence-corrected chi connectivity index (χ0v) is 18.9. The molecule has 0 saturated heterocycles. The molecule has 0 aliphatic rings. The van der Waals surface area contributed by atoms with Crippen molar-refractivity contribution in [1.82, 2.24) is 5.16 Å². The van der Waals surface area contributed by atoms with Crippen LogP contribution in [0.2, 0.25) is 5.02 Å². The highest BCUT2D eigenvalue weighted by atomic mass is 35.5. The van der Waals surface area contributed by atoms with E-state index in [1.165, 1.54) is 6.07 Å². The summed E-state index contributed by atoms with van der Waals surface area (Å²) < 4.78 is 31.4. The molecule has 0 aliphatic carbocycles. The lowest BCUT2D eigenvalue weighted by molar-refractivity contribution is -0.153. The van der Waals surface area contributed by atoms with E-state index in [-0.39, 0.29) is 21.4 Å². The van der Waals surface area contributed by atoms with Crippen LogP contribution in [0.15, 0.2) is 64.0 Å². The lowest BCUT2D eigenvalue weighted by atomic mass is 10.1. The number of halogens is 1. The second kappa shape index (κ2) is 9.44. The average molecular weight is 482 g/mol. The zero-order chi connectivity index (χ0) is 22.6. The first-order valence-corrected chi connectivity index (χ1v) is 12.3. The first-order valence-electron chi connectivity index (χ1n) is 9.14. The highest BCUT2D eigenvalue weighted by Crippen LogP contribution is 2.32. The maximum Gasteiger partial charge on any atom is 0.337 e. The number of carboxylic acid groups (broad SMARTS) is 1. The van der Waals surface area contributed by atoms with Crippen LogP contribution in [0.25, 0.3) is 11.1 Å². The number of carboxylic acids is 1. The molecular weight excluding hydrogens is 462 g/mol. The second-order valence-corrected chi connectivity index (χ2v) is 10.4. The molecule has 0 aliphatic heterocycles. The molecule has 164 valence electrons. The number of hydrogen-bond donors (Lipinski definition) is 2. The molecule has 1 unspecified atom stereocenters. The quantitative estimate of drug-likeness (QED) is 0.473. The van der Waals surface area contributed by atoms with Gasteiger partial charge in [-0.3, -0.25) is 0 Å². The van der Waals surface area contributed by atoms with Gasteiger partial charge in [0.25, 0.3) is 0 Å². The molecule has 10 heteroatoms.